The van der Waals surface area contributed by atoms with E-state index in [0.717, 1.165) is 11.3 Å². The number of aromatic nitrogens is 3. The van der Waals surface area contributed by atoms with Crippen molar-refractivity contribution in [2.75, 3.05) is 14.2 Å². The minimum atomic E-state index is -0.0180. The second-order valence-electron chi connectivity index (χ2n) is 3.94. The van der Waals surface area contributed by atoms with E-state index >= 15 is 0 Å². The van der Waals surface area contributed by atoms with E-state index in [0.29, 0.717) is 5.88 Å². The van der Waals surface area contributed by atoms with Crippen LogP contribution in [-0.4, -0.2) is 29.1 Å². The summed E-state index contributed by atoms with van der Waals surface area (Å²) < 4.78 is 5.12. The maximum Gasteiger partial charge on any atom is 0.216 e. The highest BCUT2D eigenvalue weighted by Crippen LogP contribution is 2.23. The van der Waals surface area contributed by atoms with Gasteiger partial charge in [0.2, 0.25) is 5.88 Å². The fraction of sp³-hybridized carbons (Fsp3) is 0.308. The molecular formula is C13H16N4O. The van der Waals surface area contributed by atoms with Gasteiger partial charge in [0.25, 0.3) is 0 Å². The SMILES string of the molecule is CNC(c1cc(OC)ncn1)c1cnccc1C. The third kappa shape index (κ3) is 2.46. The molecule has 18 heavy (non-hydrogen) atoms. The monoisotopic (exact) mass is 244 g/mol. The molecule has 1 unspecified atom stereocenters. The molecule has 94 valence electrons. The average Bonchev–Trinajstić information content (AvgIpc) is 2.42. The normalized spacial score (nSPS) is 12.2. The van der Waals surface area contributed by atoms with Crippen LogP contribution in [0.2, 0.25) is 0 Å². The molecule has 5 nitrogen and oxygen atoms in total. The number of aryl methyl sites for hydroxylation is 1. The van der Waals surface area contributed by atoms with E-state index in [1.165, 1.54) is 11.9 Å². The Kier molecular flexibility index (Phi) is 3.84. The highest BCUT2D eigenvalue weighted by molar-refractivity contribution is 5.32. The number of nitrogens with zero attached hydrogens (tertiary/aromatic N) is 3. The van der Waals surface area contributed by atoms with Crippen molar-refractivity contribution in [3.05, 3.63) is 47.7 Å². The molecule has 0 bridgehead atoms. The van der Waals surface area contributed by atoms with Crippen LogP contribution >= 0.6 is 0 Å². The molecule has 0 saturated heterocycles. The first kappa shape index (κ1) is 12.4. The lowest BCUT2D eigenvalue weighted by atomic mass is 10.0. The first-order valence-electron chi connectivity index (χ1n) is 5.70. The second-order valence-corrected chi connectivity index (χ2v) is 3.94. The van der Waals surface area contributed by atoms with Crippen LogP contribution in [0.15, 0.2) is 30.9 Å². The molecule has 1 atom stereocenters. The Morgan fingerprint density at radius 1 is 1.33 bits per heavy atom. The maximum absolute atomic E-state index is 5.12. The number of ether oxygens (including phenoxy) is 1. The van der Waals surface area contributed by atoms with Crippen molar-refractivity contribution >= 4 is 0 Å². The molecule has 0 amide bonds. The quantitative estimate of drug-likeness (QED) is 0.883. The Morgan fingerprint density at radius 2 is 2.17 bits per heavy atom. The summed E-state index contributed by atoms with van der Waals surface area (Å²) >= 11 is 0. The van der Waals surface area contributed by atoms with Gasteiger partial charge in [0.1, 0.15) is 6.33 Å². The minimum Gasteiger partial charge on any atom is -0.481 e. The van der Waals surface area contributed by atoms with Crippen LogP contribution in [0.5, 0.6) is 5.88 Å². The Morgan fingerprint density at radius 3 is 2.83 bits per heavy atom. The lowest BCUT2D eigenvalue weighted by molar-refractivity contribution is 0.395. The van der Waals surface area contributed by atoms with E-state index in [-0.39, 0.29) is 6.04 Å². The molecule has 0 aromatic carbocycles. The summed E-state index contributed by atoms with van der Waals surface area (Å²) in [6.45, 7) is 2.06. The molecule has 2 aromatic heterocycles. The minimum absolute atomic E-state index is 0.0180. The molecule has 0 radical (unpaired) electrons. The Bertz CT molecular complexity index is 530. The summed E-state index contributed by atoms with van der Waals surface area (Å²) in [5.74, 6) is 0.557. The molecule has 2 heterocycles. The fourth-order valence-electron chi connectivity index (χ4n) is 1.86. The van der Waals surface area contributed by atoms with E-state index in [4.69, 9.17) is 4.74 Å². The van der Waals surface area contributed by atoms with Gasteiger partial charge < -0.3 is 10.1 Å². The summed E-state index contributed by atoms with van der Waals surface area (Å²) in [7, 11) is 3.49. The van der Waals surface area contributed by atoms with Crippen molar-refractivity contribution in [2.45, 2.75) is 13.0 Å². The van der Waals surface area contributed by atoms with Crippen LogP contribution in [-0.2, 0) is 0 Å². The Balaban J connectivity index is 2.42. The summed E-state index contributed by atoms with van der Waals surface area (Å²) in [4.78, 5) is 12.5. The third-order valence-corrected chi connectivity index (χ3v) is 2.85. The standard InChI is InChI=1S/C13H16N4O/c1-9-4-5-15-7-10(9)13(14-2)11-6-12(18-3)17-8-16-11/h4-8,13-14H,1-3H3. The molecule has 0 spiro atoms. The lowest BCUT2D eigenvalue weighted by Gasteiger charge is -2.17. The topological polar surface area (TPSA) is 59.9 Å². The van der Waals surface area contributed by atoms with Crippen molar-refractivity contribution in [1.82, 2.24) is 20.3 Å². The van der Waals surface area contributed by atoms with Crippen LogP contribution in [0.3, 0.4) is 0 Å². The molecule has 2 rings (SSSR count). The van der Waals surface area contributed by atoms with Crippen LogP contribution in [0.25, 0.3) is 0 Å². The average molecular weight is 244 g/mol. The van der Waals surface area contributed by atoms with Crippen molar-refractivity contribution in [3.8, 4) is 5.88 Å². The van der Waals surface area contributed by atoms with Crippen LogP contribution in [0.4, 0.5) is 0 Å². The van der Waals surface area contributed by atoms with Gasteiger partial charge in [-0.2, -0.15) is 0 Å². The van der Waals surface area contributed by atoms with Crippen molar-refractivity contribution in [1.29, 1.82) is 0 Å². The van der Waals surface area contributed by atoms with Gasteiger partial charge in [-0.25, -0.2) is 9.97 Å². The lowest BCUT2D eigenvalue weighted by Crippen LogP contribution is -2.20. The first-order chi connectivity index (χ1) is 8.76. The number of pyridine rings is 1. The zero-order chi connectivity index (χ0) is 13.0. The van der Waals surface area contributed by atoms with E-state index in [1.54, 1.807) is 13.3 Å². The zero-order valence-corrected chi connectivity index (χ0v) is 10.7. The summed E-state index contributed by atoms with van der Waals surface area (Å²) in [5, 5.41) is 3.24. The molecule has 0 saturated carbocycles. The van der Waals surface area contributed by atoms with Gasteiger partial charge in [-0.15, -0.1) is 0 Å². The van der Waals surface area contributed by atoms with Crippen LogP contribution in [0, 0.1) is 6.92 Å². The van der Waals surface area contributed by atoms with E-state index in [9.17, 15) is 0 Å². The van der Waals surface area contributed by atoms with Crippen molar-refractivity contribution in [3.63, 3.8) is 0 Å². The largest absolute Gasteiger partial charge is 0.481 e. The van der Waals surface area contributed by atoms with Gasteiger partial charge in [0.15, 0.2) is 0 Å². The number of hydrogen-bond donors (Lipinski definition) is 1. The van der Waals surface area contributed by atoms with E-state index in [1.807, 2.05) is 25.4 Å². The molecule has 0 aliphatic carbocycles. The third-order valence-electron chi connectivity index (χ3n) is 2.85. The Labute approximate surface area is 106 Å². The molecular weight excluding hydrogens is 228 g/mol. The molecule has 2 aromatic rings. The van der Waals surface area contributed by atoms with Gasteiger partial charge in [-0.1, -0.05) is 0 Å². The van der Waals surface area contributed by atoms with Crippen LogP contribution in [0.1, 0.15) is 22.9 Å². The van der Waals surface area contributed by atoms with Gasteiger partial charge >= 0.3 is 0 Å². The summed E-state index contributed by atoms with van der Waals surface area (Å²) in [5.41, 5.74) is 3.13. The Hall–Kier alpha value is -2.01. The number of nitrogens with one attached hydrogen (secondary N) is 1. The van der Waals surface area contributed by atoms with Crippen LogP contribution < -0.4 is 10.1 Å². The maximum atomic E-state index is 5.12. The predicted octanol–water partition coefficient (Wildman–Crippen LogP) is 1.50. The van der Waals surface area contributed by atoms with E-state index in [2.05, 4.69) is 27.2 Å². The van der Waals surface area contributed by atoms with Gasteiger partial charge in [-0.3, -0.25) is 4.98 Å². The predicted molar refractivity (Wildman–Crippen MR) is 68.5 cm³/mol. The summed E-state index contributed by atoms with van der Waals surface area (Å²) in [6.07, 6.45) is 5.14. The molecule has 0 aliphatic rings. The molecule has 5 heteroatoms. The number of methoxy groups -OCH3 is 1. The fourth-order valence-corrected chi connectivity index (χ4v) is 1.86. The highest BCUT2D eigenvalue weighted by Gasteiger charge is 2.16. The smallest absolute Gasteiger partial charge is 0.216 e. The summed E-state index contributed by atoms with van der Waals surface area (Å²) in [6, 6.07) is 3.79. The molecule has 1 N–H and O–H groups in total. The van der Waals surface area contributed by atoms with E-state index < -0.39 is 0 Å². The highest BCUT2D eigenvalue weighted by atomic mass is 16.5. The first-order valence-corrected chi connectivity index (χ1v) is 5.70. The number of hydrogen-bond acceptors (Lipinski definition) is 5. The van der Waals surface area contributed by atoms with Gasteiger partial charge in [0, 0.05) is 18.5 Å². The van der Waals surface area contributed by atoms with Gasteiger partial charge in [0.05, 0.1) is 18.8 Å². The zero-order valence-electron chi connectivity index (χ0n) is 10.7. The van der Waals surface area contributed by atoms with Crippen molar-refractivity contribution in [2.24, 2.45) is 0 Å². The number of rotatable bonds is 4. The van der Waals surface area contributed by atoms with Crippen molar-refractivity contribution < 1.29 is 4.74 Å². The molecule has 0 fully saturated rings. The van der Waals surface area contributed by atoms with Gasteiger partial charge in [-0.05, 0) is 31.2 Å². The molecule has 0 aliphatic heterocycles. The second kappa shape index (κ2) is 5.55.